The van der Waals surface area contributed by atoms with Gasteiger partial charge in [-0.2, -0.15) is 0 Å². The van der Waals surface area contributed by atoms with E-state index in [4.69, 9.17) is 4.43 Å². The van der Waals surface area contributed by atoms with Crippen LogP contribution in [0.4, 0.5) is 0 Å². The Balaban J connectivity index is 1.55. The van der Waals surface area contributed by atoms with Gasteiger partial charge in [-0.05, 0) is 77.9 Å². The Morgan fingerprint density at radius 2 is 1.78 bits per heavy atom. The first kappa shape index (κ1) is 18.5. The molecule has 0 aromatic heterocycles. The lowest BCUT2D eigenvalue weighted by atomic mass is 9.93. The highest BCUT2D eigenvalue weighted by Crippen LogP contribution is 2.46. The number of allylic oxidation sites excluding steroid dienone is 4. The third-order valence-corrected chi connectivity index (χ3v) is 6.81. The van der Waals surface area contributed by atoms with Crippen LogP contribution in [0, 0.1) is 0 Å². The molecule has 4 rings (SSSR count). The molecule has 0 fully saturated rings. The summed E-state index contributed by atoms with van der Waals surface area (Å²) in [4.78, 5) is 0. The SMILES string of the molecule is CC1c2ccccc2-c2ccc(C3=C(CCCO[Si](C)(C)C)C=CC3)cc21. The predicted molar refractivity (Wildman–Crippen MR) is 119 cm³/mol. The normalized spacial score (nSPS) is 18.1. The van der Waals surface area contributed by atoms with Gasteiger partial charge in [-0.25, -0.2) is 0 Å². The second-order valence-corrected chi connectivity index (χ2v) is 13.3. The summed E-state index contributed by atoms with van der Waals surface area (Å²) in [6.07, 6.45) is 7.93. The smallest absolute Gasteiger partial charge is 0.183 e. The minimum absolute atomic E-state index is 0.486. The molecule has 0 aliphatic heterocycles. The summed E-state index contributed by atoms with van der Waals surface area (Å²) in [7, 11) is -1.40. The maximum absolute atomic E-state index is 6.03. The van der Waals surface area contributed by atoms with Crippen molar-refractivity contribution in [2.45, 2.75) is 51.7 Å². The van der Waals surface area contributed by atoms with Crippen molar-refractivity contribution >= 4 is 13.9 Å². The predicted octanol–water partition coefficient (Wildman–Crippen LogP) is 7.16. The molecular formula is C25H30OSi. The van der Waals surface area contributed by atoms with Gasteiger partial charge in [-0.3, -0.25) is 0 Å². The van der Waals surface area contributed by atoms with E-state index in [1.54, 1.807) is 0 Å². The van der Waals surface area contributed by atoms with Crippen LogP contribution >= 0.6 is 0 Å². The highest BCUT2D eigenvalue weighted by atomic mass is 28.4. The van der Waals surface area contributed by atoms with E-state index in [9.17, 15) is 0 Å². The zero-order valence-electron chi connectivity index (χ0n) is 17.0. The monoisotopic (exact) mass is 374 g/mol. The summed E-state index contributed by atoms with van der Waals surface area (Å²) in [6.45, 7) is 10.0. The van der Waals surface area contributed by atoms with Crippen molar-refractivity contribution in [2.24, 2.45) is 0 Å². The Hall–Kier alpha value is -1.90. The summed E-state index contributed by atoms with van der Waals surface area (Å²) in [5, 5.41) is 0. The Kier molecular flexibility index (Phi) is 4.96. The molecule has 1 atom stereocenters. The van der Waals surface area contributed by atoms with E-state index >= 15 is 0 Å². The first-order valence-corrected chi connectivity index (χ1v) is 13.6. The molecule has 1 nitrogen and oxygen atoms in total. The molecule has 140 valence electrons. The van der Waals surface area contributed by atoms with Crippen LogP contribution in [0.15, 0.2) is 60.2 Å². The number of hydrogen-bond donors (Lipinski definition) is 0. The van der Waals surface area contributed by atoms with Gasteiger partial charge in [0.25, 0.3) is 0 Å². The third kappa shape index (κ3) is 3.74. The van der Waals surface area contributed by atoms with Gasteiger partial charge in [0.05, 0.1) is 0 Å². The average Bonchev–Trinajstić information content (AvgIpc) is 3.22. The van der Waals surface area contributed by atoms with Crippen LogP contribution < -0.4 is 0 Å². The molecule has 0 spiro atoms. The van der Waals surface area contributed by atoms with Gasteiger partial charge in [0, 0.05) is 12.5 Å². The molecule has 1 unspecified atom stereocenters. The Morgan fingerprint density at radius 3 is 2.59 bits per heavy atom. The van der Waals surface area contributed by atoms with Gasteiger partial charge < -0.3 is 4.43 Å². The highest BCUT2D eigenvalue weighted by molar-refractivity contribution is 6.69. The molecule has 27 heavy (non-hydrogen) atoms. The standard InChI is InChI=1S/C25H30OSi/c1-18-21-11-5-6-12-23(21)24-15-14-20(17-25(18)24)22-13-7-9-19(22)10-8-16-26-27(2,3)4/h5-7,9,11-12,14-15,17-18H,8,10,13,16H2,1-4H3. The average molecular weight is 375 g/mol. The third-order valence-electron chi connectivity index (χ3n) is 5.74. The minimum Gasteiger partial charge on any atom is -0.418 e. The van der Waals surface area contributed by atoms with Crippen LogP contribution in [-0.4, -0.2) is 14.9 Å². The largest absolute Gasteiger partial charge is 0.418 e. The second-order valence-electron chi connectivity index (χ2n) is 8.79. The molecule has 0 amide bonds. The Labute approximate surface area is 164 Å². The van der Waals surface area contributed by atoms with E-state index in [1.807, 2.05) is 0 Å². The van der Waals surface area contributed by atoms with Gasteiger partial charge in [-0.1, -0.05) is 61.5 Å². The zero-order chi connectivity index (χ0) is 19.0. The first-order valence-electron chi connectivity index (χ1n) is 10.2. The molecule has 0 saturated carbocycles. The van der Waals surface area contributed by atoms with Crippen LogP contribution in [0.3, 0.4) is 0 Å². The Bertz CT molecular complexity index is 914. The molecule has 0 N–H and O–H groups in total. The first-order chi connectivity index (χ1) is 12.9. The number of hydrogen-bond acceptors (Lipinski definition) is 1. The lowest BCUT2D eigenvalue weighted by molar-refractivity contribution is 0.305. The maximum Gasteiger partial charge on any atom is 0.183 e. The van der Waals surface area contributed by atoms with Crippen molar-refractivity contribution in [3.05, 3.63) is 76.9 Å². The molecule has 2 aliphatic rings. The molecular weight excluding hydrogens is 344 g/mol. The summed E-state index contributed by atoms with van der Waals surface area (Å²) < 4.78 is 6.03. The number of benzene rings is 2. The molecule has 0 radical (unpaired) electrons. The fourth-order valence-corrected chi connectivity index (χ4v) is 5.13. The van der Waals surface area contributed by atoms with E-state index in [0.29, 0.717) is 5.92 Å². The molecule has 0 bridgehead atoms. The zero-order valence-corrected chi connectivity index (χ0v) is 18.0. The molecule has 0 saturated heterocycles. The van der Waals surface area contributed by atoms with Gasteiger partial charge in [-0.15, -0.1) is 0 Å². The highest BCUT2D eigenvalue weighted by Gasteiger charge is 2.25. The van der Waals surface area contributed by atoms with E-state index in [0.717, 1.165) is 25.9 Å². The summed E-state index contributed by atoms with van der Waals surface area (Å²) in [5.41, 5.74) is 10.2. The van der Waals surface area contributed by atoms with E-state index in [1.165, 1.54) is 39.0 Å². The van der Waals surface area contributed by atoms with E-state index in [2.05, 4.69) is 81.2 Å². The molecule has 0 heterocycles. The maximum atomic E-state index is 6.03. The summed E-state index contributed by atoms with van der Waals surface area (Å²) in [6, 6.07) is 16.0. The van der Waals surface area contributed by atoms with Crippen molar-refractivity contribution in [1.82, 2.24) is 0 Å². The van der Waals surface area contributed by atoms with Crippen molar-refractivity contribution in [1.29, 1.82) is 0 Å². The molecule has 2 aliphatic carbocycles. The molecule has 2 aromatic carbocycles. The van der Waals surface area contributed by atoms with Gasteiger partial charge >= 0.3 is 0 Å². The van der Waals surface area contributed by atoms with Crippen molar-refractivity contribution < 1.29 is 4.43 Å². The lowest BCUT2D eigenvalue weighted by Gasteiger charge is -2.17. The quantitative estimate of drug-likeness (QED) is 0.385. The van der Waals surface area contributed by atoms with Crippen LogP contribution in [-0.2, 0) is 4.43 Å². The Morgan fingerprint density at radius 1 is 1.00 bits per heavy atom. The van der Waals surface area contributed by atoms with Crippen molar-refractivity contribution in [2.75, 3.05) is 6.61 Å². The van der Waals surface area contributed by atoms with E-state index < -0.39 is 8.32 Å². The van der Waals surface area contributed by atoms with Crippen LogP contribution in [0.2, 0.25) is 19.6 Å². The van der Waals surface area contributed by atoms with Crippen molar-refractivity contribution in [3.8, 4) is 11.1 Å². The number of rotatable bonds is 6. The van der Waals surface area contributed by atoms with Crippen LogP contribution in [0.25, 0.3) is 16.7 Å². The van der Waals surface area contributed by atoms with Crippen LogP contribution in [0.1, 0.15) is 48.8 Å². The lowest BCUT2D eigenvalue weighted by Crippen LogP contribution is -2.25. The fraction of sp³-hybridized carbons (Fsp3) is 0.360. The summed E-state index contributed by atoms with van der Waals surface area (Å²) >= 11 is 0. The van der Waals surface area contributed by atoms with Crippen molar-refractivity contribution in [3.63, 3.8) is 0 Å². The molecule has 2 aromatic rings. The van der Waals surface area contributed by atoms with Gasteiger partial charge in [0.2, 0.25) is 0 Å². The topological polar surface area (TPSA) is 9.23 Å². The van der Waals surface area contributed by atoms with Gasteiger partial charge in [0.15, 0.2) is 8.32 Å². The minimum atomic E-state index is -1.40. The van der Waals surface area contributed by atoms with Gasteiger partial charge in [0.1, 0.15) is 0 Å². The summed E-state index contributed by atoms with van der Waals surface area (Å²) in [5.74, 6) is 0.486. The van der Waals surface area contributed by atoms with E-state index in [-0.39, 0.29) is 0 Å². The second kappa shape index (κ2) is 7.25. The fourth-order valence-electron chi connectivity index (χ4n) is 4.37. The molecule has 2 heteroatoms. The van der Waals surface area contributed by atoms with Crippen LogP contribution in [0.5, 0.6) is 0 Å². The number of fused-ring (bicyclic) bond motifs is 3.